The number of sulfonamides is 1. The second-order valence-corrected chi connectivity index (χ2v) is 11.4. The first-order chi connectivity index (χ1) is 15.6. The zero-order valence-corrected chi connectivity index (χ0v) is 20.9. The number of aryl methyl sites for hydroxylation is 2. The molecule has 0 fully saturated rings. The number of aliphatic hydroxyl groups excluding tert-OH is 1. The number of carbonyl (C=O) groups is 1. The van der Waals surface area contributed by atoms with Gasteiger partial charge in [-0.15, -0.1) is 11.3 Å². The summed E-state index contributed by atoms with van der Waals surface area (Å²) in [7, 11) is -4.09. The van der Waals surface area contributed by atoms with Crippen LogP contribution in [0.1, 0.15) is 35.7 Å². The van der Waals surface area contributed by atoms with Crippen LogP contribution in [0.15, 0.2) is 40.9 Å². The van der Waals surface area contributed by atoms with E-state index in [1.807, 2.05) is 44.3 Å². The van der Waals surface area contributed by atoms with Gasteiger partial charge in [0.1, 0.15) is 10.0 Å². The molecular formula is C23H30N4O4S2. The predicted octanol–water partition coefficient (Wildman–Crippen LogP) is 3.46. The number of nitrogens with zero attached hydrogens (tertiary/aromatic N) is 2. The molecule has 0 bridgehead atoms. The number of hydrogen-bond acceptors (Lipinski definition) is 6. The number of benzene rings is 1. The first-order valence-electron chi connectivity index (χ1n) is 10.7. The van der Waals surface area contributed by atoms with Crippen LogP contribution >= 0.6 is 11.3 Å². The lowest BCUT2D eigenvalue weighted by Crippen LogP contribution is -2.40. The van der Waals surface area contributed by atoms with Crippen LogP contribution < -0.4 is 10.0 Å². The standard InChI is InChI=1S/C23H30N4O4S2/c1-15(2)11-20-13-21(22(32-20)33(30,31)26-23(29)25-8-10-28)18-5-6-19(16(3)12-18)14-27-9-7-24-17(27)4/h5-7,9,12-13,15,28H,8,10-11,14H2,1-4H3,(H2,25,26,29). The lowest BCUT2D eigenvalue weighted by atomic mass is 10.0. The fourth-order valence-electron chi connectivity index (χ4n) is 3.50. The summed E-state index contributed by atoms with van der Waals surface area (Å²) in [5, 5.41) is 11.2. The van der Waals surface area contributed by atoms with E-state index in [2.05, 4.69) is 33.4 Å². The number of thiophene rings is 1. The van der Waals surface area contributed by atoms with Crippen LogP contribution in [0.25, 0.3) is 11.1 Å². The number of amides is 2. The van der Waals surface area contributed by atoms with Crippen molar-refractivity contribution >= 4 is 27.4 Å². The molecule has 0 aliphatic heterocycles. The summed E-state index contributed by atoms with van der Waals surface area (Å²) in [6.07, 6.45) is 4.43. The maximum Gasteiger partial charge on any atom is 0.328 e. The molecule has 8 nitrogen and oxygen atoms in total. The third-order valence-corrected chi connectivity index (χ3v) is 8.17. The first-order valence-corrected chi connectivity index (χ1v) is 13.0. The molecule has 0 atom stereocenters. The van der Waals surface area contributed by atoms with E-state index in [1.165, 1.54) is 11.3 Å². The van der Waals surface area contributed by atoms with Crippen LogP contribution in [0.4, 0.5) is 4.79 Å². The Hall–Kier alpha value is -2.69. The molecule has 3 N–H and O–H groups in total. The SMILES string of the molecule is Cc1cc(-c2cc(CC(C)C)sc2S(=O)(=O)NC(=O)NCCO)ccc1Cn1ccnc1C. The Balaban J connectivity index is 1.97. The Bertz CT molecular complexity index is 1230. The van der Waals surface area contributed by atoms with Gasteiger partial charge in [0.25, 0.3) is 10.0 Å². The number of aromatic nitrogens is 2. The minimum Gasteiger partial charge on any atom is -0.395 e. The van der Waals surface area contributed by atoms with Crippen LogP contribution in [0.5, 0.6) is 0 Å². The average molecular weight is 491 g/mol. The Morgan fingerprint density at radius 3 is 2.61 bits per heavy atom. The minimum absolute atomic E-state index is 0.0334. The van der Waals surface area contributed by atoms with E-state index in [9.17, 15) is 13.2 Å². The second kappa shape index (κ2) is 10.5. The number of imidazole rings is 1. The minimum atomic E-state index is -4.09. The summed E-state index contributed by atoms with van der Waals surface area (Å²) in [5.41, 5.74) is 3.50. The molecule has 33 heavy (non-hydrogen) atoms. The molecule has 10 heteroatoms. The Kier molecular flexibility index (Phi) is 7.93. The quantitative estimate of drug-likeness (QED) is 0.425. The Labute approximate surface area is 198 Å². The van der Waals surface area contributed by atoms with Crippen molar-refractivity contribution < 1.29 is 18.3 Å². The second-order valence-electron chi connectivity index (χ2n) is 8.34. The highest BCUT2D eigenvalue weighted by Gasteiger charge is 2.26. The summed E-state index contributed by atoms with van der Waals surface area (Å²) in [4.78, 5) is 17.2. The Morgan fingerprint density at radius 1 is 1.24 bits per heavy atom. The maximum absolute atomic E-state index is 13.1. The van der Waals surface area contributed by atoms with Crippen molar-refractivity contribution in [1.29, 1.82) is 0 Å². The molecule has 178 valence electrons. The van der Waals surface area contributed by atoms with Gasteiger partial charge in [-0.2, -0.15) is 0 Å². The van der Waals surface area contributed by atoms with Gasteiger partial charge < -0.3 is 15.0 Å². The molecule has 0 saturated carbocycles. The summed E-state index contributed by atoms with van der Waals surface area (Å²) in [6.45, 7) is 8.47. The molecule has 3 rings (SSSR count). The van der Waals surface area contributed by atoms with Crippen LogP contribution in [-0.4, -0.2) is 42.3 Å². The molecular weight excluding hydrogens is 460 g/mol. The zero-order chi connectivity index (χ0) is 24.2. The monoisotopic (exact) mass is 490 g/mol. The molecule has 2 heterocycles. The van der Waals surface area contributed by atoms with Gasteiger partial charge >= 0.3 is 6.03 Å². The van der Waals surface area contributed by atoms with E-state index in [0.29, 0.717) is 18.0 Å². The van der Waals surface area contributed by atoms with Gasteiger partial charge in [0.15, 0.2) is 0 Å². The molecule has 1 aromatic carbocycles. The smallest absolute Gasteiger partial charge is 0.328 e. The number of aliphatic hydroxyl groups is 1. The molecule has 2 amide bonds. The predicted molar refractivity (Wildman–Crippen MR) is 130 cm³/mol. The summed E-state index contributed by atoms with van der Waals surface area (Å²) < 4.78 is 30.3. The number of carbonyl (C=O) groups excluding carboxylic acids is 1. The third-order valence-electron chi connectivity index (χ3n) is 5.14. The molecule has 0 radical (unpaired) electrons. The van der Waals surface area contributed by atoms with Gasteiger partial charge in [-0.05, 0) is 48.9 Å². The van der Waals surface area contributed by atoms with Crippen molar-refractivity contribution in [2.45, 2.75) is 44.9 Å². The van der Waals surface area contributed by atoms with Gasteiger partial charge in [-0.1, -0.05) is 32.0 Å². The number of nitrogens with one attached hydrogen (secondary N) is 2. The normalized spacial score (nSPS) is 11.7. The van der Waals surface area contributed by atoms with E-state index >= 15 is 0 Å². The van der Waals surface area contributed by atoms with Gasteiger partial charge in [0.05, 0.1) is 6.61 Å². The topological polar surface area (TPSA) is 113 Å². The molecule has 0 unspecified atom stereocenters. The average Bonchev–Trinajstić information content (AvgIpc) is 3.34. The molecule has 2 aromatic heterocycles. The number of urea groups is 1. The van der Waals surface area contributed by atoms with E-state index < -0.39 is 16.1 Å². The molecule has 0 saturated heterocycles. The van der Waals surface area contributed by atoms with Gasteiger partial charge in [0.2, 0.25) is 0 Å². The van der Waals surface area contributed by atoms with Crippen molar-refractivity contribution in [1.82, 2.24) is 19.6 Å². The van der Waals surface area contributed by atoms with Crippen molar-refractivity contribution in [3.8, 4) is 11.1 Å². The number of hydrogen-bond donors (Lipinski definition) is 3. The number of rotatable bonds is 9. The van der Waals surface area contributed by atoms with E-state index in [1.54, 1.807) is 6.20 Å². The highest BCUT2D eigenvalue weighted by molar-refractivity contribution is 7.92. The maximum atomic E-state index is 13.1. The van der Waals surface area contributed by atoms with Crippen molar-refractivity contribution in [3.05, 3.63) is 58.5 Å². The van der Waals surface area contributed by atoms with E-state index in [4.69, 9.17) is 5.11 Å². The molecule has 0 aliphatic carbocycles. The summed E-state index contributed by atoms with van der Waals surface area (Å²) in [6, 6.07) is 6.94. The van der Waals surface area contributed by atoms with Crippen LogP contribution in [0.2, 0.25) is 0 Å². The van der Waals surface area contributed by atoms with Crippen LogP contribution in [-0.2, 0) is 23.0 Å². The molecule has 3 aromatic rings. The van der Waals surface area contributed by atoms with E-state index in [0.717, 1.165) is 33.8 Å². The fourth-order valence-corrected chi connectivity index (χ4v) is 6.37. The van der Waals surface area contributed by atoms with E-state index in [-0.39, 0.29) is 17.4 Å². The van der Waals surface area contributed by atoms with Gasteiger partial charge in [-0.3, -0.25) is 0 Å². The lowest BCUT2D eigenvalue weighted by Gasteiger charge is -2.12. The van der Waals surface area contributed by atoms with Crippen molar-refractivity contribution in [2.24, 2.45) is 5.92 Å². The molecule has 0 aliphatic rings. The van der Waals surface area contributed by atoms with Crippen LogP contribution in [0.3, 0.4) is 0 Å². The fraction of sp³-hybridized carbons (Fsp3) is 0.391. The highest BCUT2D eigenvalue weighted by Crippen LogP contribution is 2.37. The Morgan fingerprint density at radius 2 is 2.00 bits per heavy atom. The van der Waals surface area contributed by atoms with Crippen molar-refractivity contribution in [2.75, 3.05) is 13.2 Å². The third kappa shape index (κ3) is 6.21. The van der Waals surface area contributed by atoms with Gasteiger partial charge in [0, 0.05) is 35.9 Å². The first kappa shape index (κ1) is 24.9. The lowest BCUT2D eigenvalue weighted by molar-refractivity contribution is 0.239. The summed E-state index contributed by atoms with van der Waals surface area (Å²) >= 11 is 1.18. The van der Waals surface area contributed by atoms with Crippen molar-refractivity contribution in [3.63, 3.8) is 0 Å². The summed E-state index contributed by atoms with van der Waals surface area (Å²) in [5.74, 6) is 1.28. The zero-order valence-electron chi connectivity index (χ0n) is 19.3. The highest BCUT2D eigenvalue weighted by atomic mass is 32.2. The van der Waals surface area contributed by atoms with Gasteiger partial charge in [-0.25, -0.2) is 22.9 Å². The van der Waals surface area contributed by atoms with Crippen LogP contribution in [0, 0.1) is 19.8 Å². The molecule has 0 spiro atoms. The largest absolute Gasteiger partial charge is 0.395 e.